The number of carbonyl (C=O) groups excluding carboxylic acids is 1. The van der Waals surface area contributed by atoms with Crippen LogP contribution in [0.4, 0.5) is 32.1 Å². The number of halogens is 1. The largest absolute Gasteiger partial charge is 0.340 e. The highest BCUT2D eigenvalue weighted by molar-refractivity contribution is 5.99. The lowest BCUT2D eigenvalue weighted by atomic mass is 10.2. The highest BCUT2D eigenvalue weighted by Crippen LogP contribution is 2.19. The smallest absolute Gasteiger partial charge is 0.323 e. The summed E-state index contributed by atoms with van der Waals surface area (Å²) in [5.74, 6) is 1.47. The van der Waals surface area contributed by atoms with E-state index in [9.17, 15) is 9.18 Å². The quantitative estimate of drug-likeness (QED) is 0.456. The zero-order valence-electron chi connectivity index (χ0n) is 16.0. The molecular formula is C21H18FN7O. The number of anilines is 4. The highest BCUT2D eigenvalue weighted by Gasteiger charge is 2.06. The molecular weight excluding hydrogens is 385 g/mol. The molecule has 0 saturated carbocycles. The van der Waals surface area contributed by atoms with Crippen molar-refractivity contribution in [2.45, 2.75) is 6.92 Å². The first-order chi connectivity index (χ1) is 14.5. The lowest BCUT2D eigenvalue weighted by Crippen LogP contribution is -2.19. The van der Waals surface area contributed by atoms with Gasteiger partial charge in [-0.05, 0) is 55.5 Å². The summed E-state index contributed by atoms with van der Waals surface area (Å²) in [5, 5.41) is 12.7. The Morgan fingerprint density at radius 3 is 2.43 bits per heavy atom. The van der Waals surface area contributed by atoms with E-state index in [1.54, 1.807) is 41.3 Å². The number of benzene rings is 2. The second-order valence-electron chi connectivity index (χ2n) is 6.40. The lowest BCUT2D eigenvalue weighted by molar-refractivity contribution is 0.262. The Morgan fingerprint density at radius 1 is 0.933 bits per heavy atom. The van der Waals surface area contributed by atoms with Crippen LogP contribution in [0.1, 0.15) is 5.82 Å². The SMILES string of the molecule is Cc1nc(Nc2ccc(NC(=O)Nc3cccc(F)c3)cc2)cc(-n2cccn2)n1. The molecule has 0 bridgehead atoms. The van der Waals surface area contributed by atoms with E-state index in [4.69, 9.17) is 0 Å². The van der Waals surface area contributed by atoms with Crippen LogP contribution < -0.4 is 16.0 Å². The molecule has 0 aliphatic rings. The summed E-state index contributed by atoms with van der Waals surface area (Å²) >= 11 is 0. The van der Waals surface area contributed by atoms with E-state index in [0.29, 0.717) is 28.8 Å². The average Bonchev–Trinajstić information content (AvgIpc) is 3.24. The number of aryl methyl sites for hydroxylation is 1. The first-order valence-corrected chi connectivity index (χ1v) is 9.11. The Balaban J connectivity index is 1.41. The fourth-order valence-electron chi connectivity index (χ4n) is 2.78. The average molecular weight is 403 g/mol. The number of hydrogen-bond acceptors (Lipinski definition) is 5. The van der Waals surface area contributed by atoms with E-state index >= 15 is 0 Å². The fourth-order valence-corrected chi connectivity index (χ4v) is 2.78. The topological polar surface area (TPSA) is 96.8 Å². The van der Waals surface area contributed by atoms with Crippen LogP contribution >= 0.6 is 0 Å². The van der Waals surface area contributed by atoms with Crippen LogP contribution in [0.2, 0.25) is 0 Å². The first kappa shape index (κ1) is 19.1. The number of nitrogens with zero attached hydrogens (tertiary/aromatic N) is 4. The zero-order chi connectivity index (χ0) is 20.9. The Morgan fingerprint density at radius 2 is 1.70 bits per heavy atom. The van der Waals surface area contributed by atoms with Gasteiger partial charge in [-0.25, -0.2) is 23.8 Å². The summed E-state index contributed by atoms with van der Waals surface area (Å²) in [6.07, 6.45) is 3.49. The van der Waals surface area contributed by atoms with Crippen molar-refractivity contribution in [3.05, 3.63) is 84.7 Å². The minimum Gasteiger partial charge on any atom is -0.340 e. The molecule has 30 heavy (non-hydrogen) atoms. The monoisotopic (exact) mass is 403 g/mol. The van der Waals surface area contributed by atoms with Gasteiger partial charge < -0.3 is 16.0 Å². The highest BCUT2D eigenvalue weighted by atomic mass is 19.1. The Labute approximate surface area is 171 Å². The molecule has 4 rings (SSSR count). The van der Waals surface area contributed by atoms with Crippen LogP contribution in [-0.2, 0) is 0 Å². The summed E-state index contributed by atoms with van der Waals surface area (Å²) in [6, 6.07) is 15.9. The third-order valence-electron chi connectivity index (χ3n) is 4.06. The number of urea groups is 1. The molecule has 0 spiro atoms. The van der Waals surface area contributed by atoms with Crippen molar-refractivity contribution in [1.29, 1.82) is 0 Å². The molecule has 0 atom stereocenters. The normalized spacial score (nSPS) is 10.5. The van der Waals surface area contributed by atoms with E-state index in [1.807, 2.05) is 25.1 Å². The van der Waals surface area contributed by atoms with Crippen molar-refractivity contribution in [2.75, 3.05) is 16.0 Å². The third kappa shape index (κ3) is 4.76. The number of hydrogen-bond donors (Lipinski definition) is 3. The second kappa shape index (κ2) is 8.39. The van der Waals surface area contributed by atoms with Gasteiger partial charge in [0, 0.05) is 35.5 Å². The van der Waals surface area contributed by atoms with Crippen molar-refractivity contribution in [3.63, 3.8) is 0 Å². The maximum absolute atomic E-state index is 13.2. The first-order valence-electron chi connectivity index (χ1n) is 9.11. The molecule has 9 heteroatoms. The van der Waals surface area contributed by atoms with E-state index in [0.717, 1.165) is 5.69 Å². The van der Waals surface area contributed by atoms with E-state index < -0.39 is 11.8 Å². The number of rotatable bonds is 5. The Bertz CT molecular complexity index is 1160. The number of amides is 2. The summed E-state index contributed by atoms with van der Waals surface area (Å²) in [5.41, 5.74) is 1.75. The molecule has 0 saturated heterocycles. The van der Waals surface area contributed by atoms with Gasteiger partial charge in [-0.15, -0.1) is 0 Å². The number of aromatic nitrogens is 4. The van der Waals surface area contributed by atoms with Gasteiger partial charge in [-0.2, -0.15) is 5.10 Å². The van der Waals surface area contributed by atoms with Crippen molar-refractivity contribution < 1.29 is 9.18 Å². The molecule has 150 valence electrons. The Kier molecular flexibility index (Phi) is 5.33. The summed E-state index contributed by atoms with van der Waals surface area (Å²) in [7, 11) is 0. The minimum atomic E-state index is -0.461. The van der Waals surface area contributed by atoms with Crippen molar-refractivity contribution in [3.8, 4) is 5.82 Å². The molecule has 0 unspecified atom stereocenters. The van der Waals surface area contributed by atoms with Crippen molar-refractivity contribution >= 4 is 28.9 Å². The third-order valence-corrected chi connectivity index (χ3v) is 4.06. The van der Waals surface area contributed by atoms with Crippen molar-refractivity contribution in [2.24, 2.45) is 0 Å². The number of nitrogens with one attached hydrogen (secondary N) is 3. The standard InChI is InChI=1S/C21H18FN7O/c1-14-24-19(13-20(25-14)29-11-3-10-23-29)26-16-6-8-17(9-7-16)27-21(30)28-18-5-2-4-15(22)12-18/h2-13H,1H3,(H,24,25,26)(H2,27,28,30). The van der Waals surface area contributed by atoms with E-state index in [2.05, 4.69) is 31.0 Å². The van der Waals surface area contributed by atoms with Crippen LogP contribution in [0.25, 0.3) is 5.82 Å². The predicted molar refractivity (Wildman–Crippen MR) is 113 cm³/mol. The molecule has 2 heterocycles. The van der Waals surface area contributed by atoms with E-state index in [1.165, 1.54) is 18.2 Å². The van der Waals surface area contributed by atoms with Gasteiger partial charge in [0.15, 0.2) is 5.82 Å². The summed E-state index contributed by atoms with van der Waals surface area (Å²) in [6.45, 7) is 1.81. The molecule has 0 fully saturated rings. The number of carbonyl (C=O) groups is 1. The Hall–Kier alpha value is -4.27. The molecule has 8 nitrogen and oxygen atoms in total. The lowest BCUT2D eigenvalue weighted by Gasteiger charge is -2.10. The molecule has 2 aromatic carbocycles. The van der Waals surface area contributed by atoms with Gasteiger partial charge in [0.2, 0.25) is 0 Å². The van der Waals surface area contributed by atoms with Gasteiger partial charge in [0.1, 0.15) is 17.5 Å². The molecule has 3 N–H and O–H groups in total. The maximum atomic E-state index is 13.2. The van der Waals surface area contributed by atoms with Gasteiger partial charge in [0.05, 0.1) is 0 Å². The molecule has 4 aromatic rings. The van der Waals surface area contributed by atoms with Gasteiger partial charge in [-0.3, -0.25) is 0 Å². The molecule has 0 aliphatic carbocycles. The van der Waals surface area contributed by atoms with Crippen LogP contribution in [0.3, 0.4) is 0 Å². The molecule has 2 amide bonds. The molecule has 0 aliphatic heterocycles. The molecule has 2 aromatic heterocycles. The fraction of sp³-hybridized carbons (Fsp3) is 0.0476. The van der Waals surface area contributed by atoms with Gasteiger partial charge in [0.25, 0.3) is 0 Å². The van der Waals surface area contributed by atoms with E-state index in [-0.39, 0.29) is 0 Å². The van der Waals surface area contributed by atoms with Gasteiger partial charge in [-0.1, -0.05) is 6.07 Å². The zero-order valence-corrected chi connectivity index (χ0v) is 16.0. The van der Waals surface area contributed by atoms with Crippen LogP contribution in [-0.4, -0.2) is 25.8 Å². The van der Waals surface area contributed by atoms with Gasteiger partial charge >= 0.3 is 6.03 Å². The van der Waals surface area contributed by atoms with Crippen LogP contribution in [0.15, 0.2) is 73.1 Å². The summed E-state index contributed by atoms with van der Waals surface area (Å²) < 4.78 is 14.9. The van der Waals surface area contributed by atoms with Crippen LogP contribution in [0.5, 0.6) is 0 Å². The molecule has 0 radical (unpaired) electrons. The van der Waals surface area contributed by atoms with Crippen molar-refractivity contribution in [1.82, 2.24) is 19.7 Å². The second-order valence-corrected chi connectivity index (χ2v) is 6.40. The summed E-state index contributed by atoms with van der Waals surface area (Å²) in [4.78, 5) is 20.8. The minimum absolute atomic E-state index is 0.373. The van der Waals surface area contributed by atoms with Crippen LogP contribution in [0, 0.1) is 12.7 Å². The maximum Gasteiger partial charge on any atom is 0.323 e. The predicted octanol–water partition coefficient (Wildman–Crippen LogP) is 4.50.